The molecule has 4 N–H and O–H groups in total. The summed E-state index contributed by atoms with van der Waals surface area (Å²) in [5, 5.41) is 20.2. The largest absolute Gasteiger partial charge is 0.374 e. The molecular weight excluding hydrogens is 417 g/mol. The molecule has 0 radical (unpaired) electrons. The van der Waals surface area contributed by atoms with Crippen molar-refractivity contribution in [3.05, 3.63) is 40.8 Å². The first-order chi connectivity index (χ1) is 14.3. The highest BCUT2D eigenvalue weighted by Crippen LogP contribution is 2.36. The van der Waals surface area contributed by atoms with Crippen molar-refractivity contribution in [1.82, 2.24) is 20.1 Å². The number of nitrogens with one attached hydrogen (secondary N) is 3. The number of fused-ring (bicyclic) bond motifs is 1. The summed E-state index contributed by atoms with van der Waals surface area (Å²) in [4.78, 5) is 4.41. The summed E-state index contributed by atoms with van der Waals surface area (Å²) in [6.07, 6.45) is 1.67. The van der Waals surface area contributed by atoms with E-state index in [2.05, 4.69) is 20.6 Å². The van der Waals surface area contributed by atoms with Gasteiger partial charge in [-0.25, -0.2) is 22.3 Å². The van der Waals surface area contributed by atoms with Crippen molar-refractivity contribution in [2.45, 2.75) is 18.6 Å². The zero-order valence-corrected chi connectivity index (χ0v) is 17.0. The van der Waals surface area contributed by atoms with E-state index in [0.717, 1.165) is 11.1 Å². The molecule has 0 saturated carbocycles. The molecule has 0 bridgehead atoms. The summed E-state index contributed by atoms with van der Waals surface area (Å²) < 4.78 is 45.2. The Labute approximate surface area is 172 Å². The van der Waals surface area contributed by atoms with E-state index in [1.54, 1.807) is 10.4 Å². The number of nitrogens with zero attached hydrogens (tertiary/aromatic N) is 4. The highest BCUT2D eigenvalue weighted by atomic mass is 32.2. The average Bonchev–Trinajstić information content (AvgIpc) is 3.17. The van der Waals surface area contributed by atoms with E-state index in [1.165, 1.54) is 18.4 Å². The summed E-state index contributed by atoms with van der Waals surface area (Å²) >= 11 is 0. The standard InChI is InChI=1S/C17H22FN7O4S/c1-30(19,27)25-4-5-28-12(9-25)8-20-16-15(23-29-24-16)17(22-26)21-14-6-10-2-3-11(18)7-13(10)14/h2-3,7,12,14,19,26H,4-6,8-9H2,1H3,(H,20,24)(H,21,22)/t12?,14-,30?/m0/s1. The minimum Gasteiger partial charge on any atom is -0.374 e. The topological polar surface area (TPSA) is 149 Å². The van der Waals surface area contributed by atoms with E-state index in [0.29, 0.717) is 32.7 Å². The number of morpholine rings is 1. The molecule has 0 amide bonds. The number of hydrogen-bond acceptors (Lipinski definition) is 9. The van der Waals surface area contributed by atoms with Crippen molar-refractivity contribution in [3.63, 3.8) is 0 Å². The fraction of sp³-hybridized carbons (Fsp3) is 0.471. The van der Waals surface area contributed by atoms with E-state index < -0.39 is 9.92 Å². The van der Waals surface area contributed by atoms with Crippen LogP contribution in [0.1, 0.15) is 22.9 Å². The second kappa shape index (κ2) is 8.26. The van der Waals surface area contributed by atoms with E-state index >= 15 is 0 Å². The average molecular weight is 439 g/mol. The van der Waals surface area contributed by atoms with Crippen LogP contribution in [-0.4, -0.2) is 68.5 Å². The molecule has 3 atom stereocenters. The van der Waals surface area contributed by atoms with Crippen LogP contribution >= 0.6 is 0 Å². The van der Waals surface area contributed by atoms with Crippen molar-refractivity contribution < 1.29 is 23.2 Å². The van der Waals surface area contributed by atoms with Crippen molar-refractivity contribution in [2.24, 2.45) is 4.99 Å². The predicted octanol–water partition coefficient (Wildman–Crippen LogP) is 0.936. The third-order valence-electron chi connectivity index (χ3n) is 5.08. The molecule has 0 spiro atoms. The molecule has 1 aliphatic carbocycles. The number of hydrogen-bond donors (Lipinski definition) is 4. The van der Waals surface area contributed by atoms with E-state index in [9.17, 15) is 13.8 Å². The van der Waals surface area contributed by atoms with Crippen LogP contribution in [-0.2, 0) is 21.1 Å². The number of hydroxylamine groups is 1. The first-order valence-electron chi connectivity index (χ1n) is 9.28. The molecule has 11 nitrogen and oxygen atoms in total. The van der Waals surface area contributed by atoms with Crippen LogP contribution in [0, 0.1) is 10.6 Å². The minimum absolute atomic E-state index is 0.0348. The molecule has 2 unspecified atom stereocenters. The molecule has 1 fully saturated rings. The van der Waals surface area contributed by atoms with Gasteiger partial charge in [0.25, 0.3) is 0 Å². The van der Waals surface area contributed by atoms with Gasteiger partial charge in [-0.3, -0.25) is 15.7 Å². The van der Waals surface area contributed by atoms with Gasteiger partial charge in [0.2, 0.25) is 5.82 Å². The summed E-state index contributed by atoms with van der Waals surface area (Å²) in [5.41, 5.74) is 3.92. The summed E-state index contributed by atoms with van der Waals surface area (Å²) in [5.74, 6) is -0.0756. The van der Waals surface area contributed by atoms with E-state index in [4.69, 9.17) is 14.1 Å². The van der Waals surface area contributed by atoms with E-state index in [1.807, 2.05) is 5.48 Å². The van der Waals surface area contributed by atoms with Crippen LogP contribution in [0.4, 0.5) is 10.2 Å². The Hall–Kier alpha value is -2.61. The number of halogens is 1. The van der Waals surface area contributed by atoms with Crippen LogP contribution in [0.5, 0.6) is 0 Å². The number of ether oxygens (including phenoxy) is 1. The summed E-state index contributed by atoms with van der Waals surface area (Å²) in [6, 6.07) is 4.22. The molecule has 2 aliphatic rings. The molecule has 1 aromatic carbocycles. The van der Waals surface area contributed by atoms with Gasteiger partial charge >= 0.3 is 0 Å². The Kier molecular flexibility index (Phi) is 5.69. The van der Waals surface area contributed by atoms with Crippen molar-refractivity contribution in [1.29, 1.82) is 4.78 Å². The van der Waals surface area contributed by atoms with Gasteiger partial charge in [0.15, 0.2) is 11.5 Å². The lowest BCUT2D eigenvalue weighted by molar-refractivity contribution is 0.00787. The molecule has 1 aliphatic heterocycles. The maximum Gasteiger partial charge on any atom is 0.202 e. The smallest absolute Gasteiger partial charge is 0.202 e. The first-order valence-corrected chi connectivity index (χ1v) is 11.2. The Morgan fingerprint density at radius 2 is 2.33 bits per heavy atom. The maximum absolute atomic E-state index is 13.5. The molecule has 30 heavy (non-hydrogen) atoms. The summed E-state index contributed by atoms with van der Waals surface area (Å²) in [7, 11) is -2.80. The zero-order valence-electron chi connectivity index (χ0n) is 16.2. The van der Waals surface area contributed by atoms with E-state index in [-0.39, 0.29) is 35.3 Å². The lowest BCUT2D eigenvalue weighted by Crippen LogP contribution is -2.47. The highest BCUT2D eigenvalue weighted by Gasteiger charge is 2.29. The third kappa shape index (κ3) is 4.28. The van der Waals surface area contributed by atoms with Crippen molar-refractivity contribution in [2.75, 3.05) is 37.8 Å². The number of rotatable bonds is 6. The molecule has 2 aromatic rings. The van der Waals surface area contributed by atoms with Crippen LogP contribution in [0.3, 0.4) is 0 Å². The lowest BCUT2D eigenvalue weighted by atomic mass is 9.83. The second-order valence-electron chi connectivity index (χ2n) is 7.18. The van der Waals surface area contributed by atoms with Crippen LogP contribution in [0.2, 0.25) is 0 Å². The molecule has 2 heterocycles. The Balaban J connectivity index is 1.45. The molecule has 4 rings (SSSR count). The fourth-order valence-electron chi connectivity index (χ4n) is 3.47. The number of anilines is 1. The Morgan fingerprint density at radius 3 is 3.10 bits per heavy atom. The van der Waals surface area contributed by atoms with Crippen LogP contribution in [0.25, 0.3) is 0 Å². The van der Waals surface area contributed by atoms with Gasteiger partial charge in [-0.2, -0.15) is 0 Å². The van der Waals surface area contributed by atoms with Gasteiger partial charge in [0.05, 0.1) is 18.8 Å². The number of aliphatic imine (C=N–C) groups is 1. The fourth-order valence-corrected chi connectivity index (χ4v) is 4.34. The van der Waals surface area contributed by atoms with Crippen LogP contribution < -0.4 is 10.8 Å². The SMILES string of the molecule is CS(=N)(=O)N1CCOC(CNc2nonc2C(=N[C@H]2Cc3ccc(F)cc32)NO)C1. The van der Waals surface area contributed by atoms with Gasteiger partial charge in [-0.15, -0.1) is 0 Å². The lowest BCUT2D eigenvalue weighted by Gasteiger charge is -2.32. The molecule has 1 aromatic heterocycles. The molecule has 1 saturated heterocycles. The number of benzene rings is 1. The van der Waals surface area contributed by atoms with Crippen LogP contribution in [0.15, 0.2) is 27.8 Å². The molecular formula is C17H22FN7O4S. The molecule has 13 heteroatoms. The van der Waals surface area contributed by atoms with Crippen molar-refractivity contribution in [3.8, 4) is 0 Å². The summed E-state index contributed by atoms with van der Waals surface area (Å²) in [6.45, 7) is 1.42. The van der Waals surface area contributed by atoms with Crippen molar-refractivity contribution >= 4 is 21.6 Å². The highest BCUT2D eigenvalue weighted by molar-refractivity contribution is 7.89. The normalized spacial score (nSPS) is 23.9. The Morgan fingerprint density at radius 1 is 1.50 bits per heavy atom. The minimum atomic E-state index is -2.80. The van der Waals surface area contributed by atoms with Gasteiger partial charge in [0, 0.05) is 25.9 Å². The number of amidine groups is 1. The quantitative estimate of drug-likeness (QED) is 0.295. The Bertz CT molecular complexity index is 1060. The molecule has 162 valence electrons. The second-order valence-corrected chi connectivity index (χ2v) is 9.30. The maximum atomic E-state index is 13.5. The van der Waals surface area contributed by atoms with Gasteiger partial charge < -0.3 is 10.1 Å². The van der Waals surface area contributed by atoms with Gasteiger partial charge in [-0.1, -0.05) is 6.07 Å². The zero-order chi connectivity index (χ0) is 21.3. The predicted molar refractivity (Wildman–Crippen MR) is 105 cm³/mol. The van der Waals surface area contributed by atoms with Gasteiger partial charge in [-0.05, 0) is 40.0 Å². The van der Waals surface area contributed by atoms with Gasteiger partial charge in [0.1, 0.15) is 15.7 Å². The monoisotopic (exact) mass is 439 g/mol. The number of aromatic nitrogens is 2. The third-order valence-corrected chi connectivity index (χ3v) is 6.39. The first kappa shape index (κ1) is 20.7.